The molecule has 9 N–H and O–H groups in total. The van der Waals surface area contributed by atoms with E-state index in [2.05, 4.69) is 0 Å². The molecule has 0 aliphatic rings. The summed E-state index contributed by atoms with van der Waals surface area (Å²) in [6.45, 7) is 0. The van der Waals surface area contributed by atoms with Gasteiger partial charge in [0, 0.05) is 16.4 Å². The fourth-order valence-corrected chi connectivity index (χ4v) is 9.65. The number of hydrogen-bond acceptors (Lipinski definition) is 11. The van der Waals surface area contributed by atoms with Gasteiger partial charge >= 0.3 is 30.5 Å². The van der Waals surface area contributed by atoms with Gasteiger partial charge in [-0.05, 0) is 91.0 Å². The zero-order chi connectivity index (χ0) is 61.6. The largest absolute Gasteiger partial charge is 0.478 e. The maximum absolute atomic E-state index is 13.6. The Bertz CT molecular complexity index is 3760. The number of sulfonamides is 2. The van der Waals surface area contributed by atoms with E-state index in [0.29, 0.717) is 30.3 Å². The number of carbonyl (C=O) groups excluding carboxylic acids is 1. The highest BCUT2D eigenvalue weighted by Crippen LogP contribution is 2.39. The fraction of sp³-hybridized carbons (Fsp3) is 0.152. The van der Waals surface area contributed by atoms with Crippen molar-refractivity contribution in [2.45, 2.75) is 62.9 Å². The Morgan fingerprint density at radius 1 is 0.440 bits per heavy atom. The Labute approximate surface area is 505 Å². The van der Waals surface area contributed by atoms with E-state index in [0.717, 1.165) is 54.6 Å². The second kappa shape index (κ2) is 31.0. The number of hydrazine groups is 1. The van der Waals surface area contributed by atoms with Gasteiger partial charge in [-0.15, -0.1) is 0 Å². The molecule has 0 bridgehead atoms. The maximum atomic E-state index is 13.6. The predicted molar refractivity (Wildman–Crippen MR) is 295 cm³/mol. The first-order valence-corrected chi connectivity index (χ1v) is 27.2. The van der Waals surface area contributed by atoms with Crippen LogP contribution >= 0.6 is 80.3 Å². The first kappa shape index (κ1) is 80.2. The van der Waals surface area contributed by atoms with Gasteiger partial charge in [-0.25, -0.2) is 53.9 Å². The lowest BCUT2D eigenvalue weighted by Gasteiger charge is -2.15. The number of benzene rings is 6. The normalized spacial score (nSPS) is 11.3. The quantitative estimate of drug-likeness (QED) is 0.0168. The first-order chi connectivity index (χ1) is 36.3. The van der Waals surface area contributed by atoms with Gasteiger partial charge in [0.25, 0.3) is 35.0 Å². The Morgan fingerprint density at radius 3 is 1.04 bits per heavy atom. The average molecular weight is 1410 g/mol. The highest BCUT2D eigenvalue weighted by molar-refractivity contribution is 8.13. The molecule has 0 aromatic heterocycles. The van der Waals surface area contributed by atoms with Gasteiger partial charge in [0.1, 0.15) is 17.5 Å². The summed E-state index contributed by atoms with van der Waals surface area (Å²) in [6.07, 6.45) is -14.5. The van der Waals surface area contributed by atoms with Crippen molar-refractivity contribution in [3.63, 3.8) is 0 Å². The summed E-state index contributed by atoms with van der Waals surface area (Å²) >= 11 is 32.6. The molecule has 38 heteroatoms. The molecule has 0 aliphatic heterocycles. The highest BCUT2D eigenvalue weighted by atomic mass is 35.7. The average Bonchev–Trinajstić information content (AvgIpc) is 3.12. The molecule has 0 fully saturated rings. The van der Waals surface area contributed by atoms with Gasteiger partial charge in [0.2, 0.25) is 0 Å². The van der Waals surface area contributed by atoms with Crippen LogP contribution in [0.5, 0.6) is 0 Å². The van der Waals surface area contributed by atoms with E-state index < -0.39 is 162 Å². The number of carbonyl (C=O) groups is 3. The molecule has 16 nitrogen and oxygen atoms in total. The molecule has 0 unspecified atom stereocenters. The first-order valence-electron chi connectivity index (χ1n) is 19.6. The molecule has 0 saturated carbocycles. The van der Waals surface area contributed by atoms with Crippen LogP contribution in [0.15, 0.2) is 106 Å². The third-order valence-electron chi connectivity index (χ3n) is 9.17. The van der Waals surface area contributed by atoms with Crippen molar-refractivity contribution in [1.82, 2.24) is 5.43 Å². The van der Waals surface area contributed by atoms with Gasteiger partial charge in [0.15, 0.2) is 0 Å². The van der Waals surface area contributed by atoms with Gasteiger partial charge in [-0.1, -0.05) is 99.3 Å². The second-order valence-electron chi connectivity index (χ2n) is 14.6. The molecular weight excluding hydrogens is 1370 g/mol. The van der Waals surface area contributed by atoms with Gasteiger partial charge in [0.05, 0.1) is 89.6 Å². The minimum absolute atomic E-state index is 0. The number of nitrogens with one attached hydrogen (secondary N) is 3. The van der Waals surface area contributed by atoms with Crippen LogP contribution in [0.4, 0.5) is 69.7 Å². The lowest BCUT2D eigenvalue weighted by atomic mass is 10.1. The van der Waals surface area contributed by atoms with Crippen LogP contribution in [-0.2, 0) is 47.6 Å². The van der Waals surface area contributed by atoms with Crippen molar-refractivity contribution < 1.29 is 103 Å². The summed E-state index contributed by atoms with van der Waals surface area (Å²) in [6, 6.07) is 10.3. The Balaban J connectivity index is 0. The lowest BCUT2D eigenvalue weighted by Crippen LogP contribution is -2.31. The molecule has 0 aliphatic carbocycles. The van der Waals surface area contributed by atoms with Crippen LogP contribution in [0.3, 0.4) is 0 Å². The molecule has 84 heavy (non-hydrogen) atoms. The van der Waals surface area contributed by atoms with Crippen LogP contribution in [0.2, 0.25) is 30.1 Å². The van der Waals surface area contributed by atoms with Crippen LogP contribution in [0.25, 0.3) is 0 Å². The molecule has 1 amide bonds. The topological polar surface area (TPSA) is 282 Å². The standard InChI is InChI=1S/C14H9Cl2F4N3O3S.C14H7Cl2F4NO4S.C7H3Cl2F3O2S.C7H5ClFNO2.4CH4/c15-9-2-1-6(3-8(9)14(18,19)20)27(25,26)23-12-5-10(16)11(17)4-7(12)13(24)22-21;15-9-2-1-6(3-8(9)14(18,19)20)26(24,25)21-12-5-10(16)11(17)4-7(12)13(22)23;8-6-2-1-4(15(9,13)14)3-5(6)7(10,11)12;8-4-2-6(10)3(7(11)12)1-5(4)9;;;;/h1-5,23H,21H2,(H,22,24);1-5,21H,(H,22,23);1-3H;1-2H,10H2,(H,11,12);4*1H4. The molecule has 0 atom stereocenters. The van der Waals surface area contributed by atoms with Crippen LogP contribution in [-0.4, -0.2) is 53.3 Å². The van der Waals surface area contributed by atoms with Crippen molar-refractivity contribution in [1.29, 1.82) is 0 Å². The Morgan fingerprint density at radius 2 is 0.726 bits per heavy atom. The van der Waals surface area contributed by atoms with E-state index in [1.807, 2.05) is 4.72 Å². The monoisotopic (exact) mass is 1410 g/mol. The number of halogens is 19. The number of anilines is 3. The molecule has 0 saturated heterocycles. The molecule has 0 spiro atoms. The number of nitrogen functional groups attached to an aromatic ring is 2. The summed E-state index contributed by atoms with van der Waals surface area (Å²) in [5.74, 6) is -2.00. The molecule has 466 valence electrons. The number of carboxylic acid groups (broad SMARTS) is 2. The number of nitrogens with two attached hydrogens (primary N) is 2. The summed E-state index contributed by atoms with van der Waals surface area (Å²) in [5.41, 5.74) is 0.197. The van der Waals surface area contributed by atoms with Crippen LogP contribution in [0, 0.1) is 17.5 Å². The summed E-state index contributed by atoms with van der Waals surface area (Å²) in [5, 5.41) is 14.2. The van der Waals surface area contributed by atoms with Crippen molar-refractivity contribution in [3.8, 4) is 0 Å². The molecular formula is C46H40Cl7F12N5O11S3. The minimum Gasteiger partial charge on any atom is -0.478 e. The van der Waals surface area contributed by atoms with E-state index in [1.54, 1.807) is 10.1 Å². The third-order valence-corrected chi connectivity index (χ3v) is 15.1. The summed E-state index contributed by atoms with van der Waals surface area (Å²) in [7, 11) is -8.56. The maximum Gasteiger partial charge on any atom is 0.417 e. The van der Waals surface area contributed by atoms with Gasteiger partial charge in [-0.3, -0.25) is 19.7 Å². The van der Waals surface area contributed by atoms with Gasteiger partial charge in [-0.2, -0.15) is 39.5 Å². The van der Waals surface area contributed by atoms with Crippen molar-refractivity contribution in [2.75, 3.05) is 15.2 Å². The summed E-state index contributed by atoms with van der Waals surface area (Å²) < 4.78 is 229. The van der Waals surface area contributed by atoms with E-state index >= 15 is 0 Å². The smallest absolute Gasteiger partial charge is 0.417 e. The highest BCUT2D eigenvalue weighted by Gasteiger charge is 2.37. The van der Waals surface area contributed by atoms with Crippen molar-refractivity contribution in [3.05, 3.63) is 172 Å². The third kappa shape index (κ3) is 21.6. The number of carboxylic acids is 2. The van der Waals surface area contributed by atoms with E-state index in [9.17, 15) is 92.3 Å². The molecule has 0 heterocycles. The predicted octanol–water partition coefficient (Wildman–Crippen LogP) is 15.8. The van der Waals surface area contributed by atoms with Crippen molar-refractivity contribution >= 4 is 144 Å². The number of hydrogen-bond donors (Lipinski definition) is 7. The number of amides is 1. The van der Waals surface area contributed by atoms with Crippen molar-refractivity contribution in [2.24, 2.45) is 5.84 Å². The molecule has 0 radical (unpaired) electrons. The number of aromatic carboxylic acids is 2. The zero-order valence-electron chi connectivity index (χ0n) is 37.8. The van der Waals surface area contributed by atoms with Gasteiger partial charge < -0.3 is 15.9 Å². The SMILES string of the molecule is C.C.C.C.NNC(=O)c1cc(F)c(Cl)cc1NS(=O)(=O)c1ccc(Cl)c(C(F)(F)F)c1.Nc1cc(Cl)c(F)cc1C(=O)O.O=C(O)c1cc(F)c(Cl)cc1NS(=O)(=O)c1ccc(Cl)c(C(F)(F)F)c1.O=S(=O)(Cl)c1ccc(Cl)c(C(F)(F)F)c1. The van der Waals surface area contributed by atoms with E-state index in [1.165, 1.54) is 0 Å². The van der Waals surface area contributed by atoms with E-state index in [4.69, 9.17) is 102 Å². The molecule has 6 aromatic carbocycles. The lowest BCUT2D eigenvalue weighted by molar-refractivity contribution is -0.138. The molecule has 6 aromatic rings. The second-order valence-corrected chi connectivity index (χ2v) is 23.0. The van der Waals surface area contributed by atoms with Crippen LogP contribution < -0.4 is 26.4 Å². The minimum atomic E-state index is -4.91. The molecule has 6 rings (SSSR count). The Kier molecular flexibility index (Phi) is 29.6. The number of rotatable bonds is 10. The fourth-order valence-electron chi connectivity index (χ4n) is 5.51. The van der Waals surface area contributed by atoms with Crippen LogP contribution in [0.1, 0.15) is 77.5 Å². The summed E-state index contributed by atoms with van der Waals surface area (Å²) in [4.78, 5) is 31.0. The zero-order valence-corrected chi connectivity index (χ0v) is 45.5. The number of alkyl halides is 9. The Hall–Kier alpha value is -5.87. The van der Waals surface area contributed by atoms with E-state index in [-0.39, 0.29) is 52.0 Å².